The van der Waals surface area contributed by atoms with Crippen LogP contribution in [-0.4, -0.2) is 23.1 Å². The van der Waals surface area contributed by atoms with Gasteiger partial charge in [0, 0.05) is 12.6 Å². The smallest absolute Gasteiger partial charge is 0.175 e. The van der Waals surface area contributed by atoms with Crippen molar-refractivity contribution in [2.24, 2.45) is 5.73 Å². The molecule has 0 atom stereocenters. The molecule has 5 heteroatoms. The Hall–Kier alpha value is -1.33. The highest BCUT2D eigenvalue weighted by atomic mass is 32.1. The standard InChI is InChI=1S/C9H11N3OS/c10-3-4-13-6-1-2-7-8(5-6)12-9(14)11-7/h1-2,5H,3-4,10H2,(H2,11,12,14). The van der Waals surface area contributed by atoms with Gasteiger partial charge in [-0.3, -0.25) is 0 Å². The first kappa shape index (κ1) is 9.23. The fourth-order valence-corrected chi connectivity index (χ4v) is 1.50. The number of H-pyrrole nitrogens is 2. The van der Waals surface area contributed by atoms with Crippen LogP contribution in [0.3, 0.4) is 0 Å². The van der Waals surface area contributed by atoms with Crippen LogP contribution in [-0.2, 0) is 0 Å². The van der Waals surface area contributed by atoms with Crippen LogP contribution in [0.25, 0.3) is 11.0 Å². The lowest BCUT2D eigenvalue weighted by Crippen LogP contribution is -2.10. The molecule has 0 aliphatic heterocycles. The molecule has 14 heavy (non-hydrogen) atoms. The Morgan fingerprint density at radius 1 is 1.29 bits per heavy atom. The van der Waals surface area contributed by atoms with E-state index in [0.717, 1.165) is 16.8 Å². The molecule has 1 heterocycles. The maximum atomic E-state index is 5.38. The van der Waals surface area contributed by atoms with Crippen molar-refractivity contribution in [2.75, 3.05) is 13.2 Å². The molecule has 0 aliphatic rings. The second kappa shape index (κ2) is 3.81. The molecular weight excluding hydrogens is 198 g/mol. The van der Waals surface area contributed by atoms with Gasteiger partial charge in [-0.05, 0) is 24.4 Å². The highest BCUT2D eigenvalue weighted by Gasteiger charge is 1.98. The summed E-state index contributed by atoms with van der Waals surface area (Å²) in [5, 5.41) is 0. The van der Waals surface area contributed by atoms with Crippen LogP contribution in [0.2, 0.25) is 0 Å². The number of rotatable bonds is 3. The molecule has 0 aliphatic carbocycles. The first-order valence-corrected chi connectivity index (χ1v) is 4.75. The number of ether oxygens (including phenoxy) is 1. The molecule has 0 amide bonds. The summed E-state index contributed by atoms with van der Waals surface area (Å²) in [6.07, 6.45) is 0. The van der Waals surface area contributed by atoms with Gasteiger partial charge in [0.25, 0.3) is 0 Å². The lowest BCUT2D eigenvalue weighted by Gasteiger charge is -2.03. The van der Waals surface area contributed by atoms with Gasteiger partial charge in [0.1, 0.15) is 12.4 Å². The van der Waals surface area contributed by atoms with E-state index >= 15 is 0 Å². The summed E-state index contributed by atoms with van der Waals surface area (Å²) in [7, 11) is 0. The molecule has 4 nitrogen and oxygen atoms in total. The number of nitrogens with one attached hydrogen (secondary N) is 2. The zero-order valence-electron chi connectivity index (χ0n) is 7.54. The number of hydrogen-bond acceptors (Lipinski definition) is 3. The molecule has 0 saturated carbocycles. The minimum absolute atomic E-state index is 0.515. The molecule has 1 aromatic heterocycles. The summed E-state index contributed by atoms with van der Waals surface area (Å²) in [5.74, 6) is 0.799. The second-order valence-electron chi connectivity index (χ2n) is 2.92. The summed E-state index contributed by atoms with van der Waals surface area (Å²) < 4.78 is 6.00. The summed E-state index contributed by atoms with van der Waals surface area (Å²) >= 11 is 4.97. The van der Waals surface area contributed by atoms with Gasteiger partial charge in [-0.15, -0.1) is 0 Å². The van der Waals surface area contributed by atoms with Gasteiger partial charge in [0.05, 0.1) is 11.0 Å². The van der Waals surface area contributed by atoms with Crippen molar-refractivity contribution in [3.05, 3.63) is 23.0 Å². The van der Waals surface area contributed by atoms with E-state index in [1.807, 2.05) is 18.2 Å². The first-order chi connectivity index (χ1) is 6.79. The largest absolute Gasteiger partial charge is 0.492 e. The number of aromatic amines is 2. The predicted octanol–water partition coefficient (Wildman–Crippen LogP) is 1.56. The van der Waals surface area contributed by atoms with E-state index in [9.17, 15) is 0 Å². The Morgan fingerprint density at radius 3 is 2.86 bits per heavy atom. The van der Waals surface area contributed by atoms with Crippen molar-refractivity contribution >= 4 is 23.3 Å². The Labute approximate surface area is 86.1 Å². The van der Waals surface area contributed by atoms with Gasteiger partial charge in [0.2, 0.25) is 0 Å². The maximum absolute atomic E-state index is 5.38. The number of imidazole rings is 1. The number of benzene rings is 1. The van der Waals surface area contributed by atoms with Crippen LogP contribution >= 0.6 is 12.2 Å². The van der Waals surface area contributed by atoms with E-state index in [-0.39, 0.29) is 0 Å². The Bertz CT molecular complexity index is 488. The molecule has 4 N–H and O–H groups in total. The van der Waals surface area contributed by atoms with E-state index in [1.165, 1.54) is 0 Å². The highest BCUT2D eigenvalue weighted by molar-refractivity contribution is 7.71. The van der Waals surface area contributed by atoms with Crippen molar-refractivity contribution in [3.63, 3.8) is 0 Å². The van der Waals surface area contributed by atoms with Gasteiger partial charge in [0.15, 0.2) is 4.77 Å². The van der Waals surface area contributed by atoms with Crippen LogP contribution in [0.1, 0.15) is 0 Å². The fourth-order valence-electron chi connectivity index (χ4n) is 1.28. The lowest BCUT2D eigenvalue weighted by molar-refractivity contribution is 0.328. The summed E-state index contributed by atoms with van der Waals surface area (Å²) in [4.78, 5) is 6.04. The number of hydrogen-bond donors (Lipinski definition) is 3. The molecular formula is C9H11N3OS. The van der Waals surface area contributed by atoms with E-state index in [2.05, 4.69) is 9.97 Å². The summed E-state index contributed by atoms with van der Waals surface area (Å²) in [6.45, 7) is 1.04. The van der Waals surface area contributed by atoms with Crippen molar-refractivity contribution < 1.29 is 4.74 Å². The molecule has 2 rings (SSSR count). The van der Waals surface area contributed by atoms with E-state index in [0.29, 0.717) is 17.9 Å². The van der Waals surface area contributed by atoms with Crippen LogP contribution in [0.5, 0.6) is 5.75 Å². The van der Waals surface area contributed by atoms with Crippen molar-refractivity contribution in [1.29, 1.82) is 0 Å². The second-order valence-corrected chi connectivity index (χ2v) is 3.33. The molecule has 0 bridgehead atoms. The lowest BCUT2D eigenvalue weighted by atomic mass is 10.3. The molecule has 0 unspecified atom stereocenters. The molecule has 74 valence electrons. The van der Waals surface area contributed by atoms with Crippen LogP contribution < -0.4 is 10.5 Å². The van der Waals surface area contributed by atoms with Crippen molar-refractivity contribution in [2.45, 2.75) is 0 Å². The van der Waals surface area contributed by atoms with Crippen LogP contribution in [0.15, 0.2) is 18.2 Å². The number of nitrogens with two attached hydrogens (primary N) is 1. The van der Waals surface area contributed by atoms with Gasteiger partial charge < -0.3 is 20.4 Å². The first-order valence-electron chi connectivity index (χ1n) is 4.34. The highest BCUT2D eigenvalue weighted by Crippen LogP contribution is 2.17. The molecule has 0 spiro atoms. The molecule has 0 fully saturated rings. The summed E-state index contributed by atoms with van der Waals surface area (Å²) in [5.41, 5.74) is 7.27. The van der Waals surface area contributed by atoms with Gasteiger partial charge >= 0.3 is 0 Å². The predicted molar refractivity (Wildman–Crippen MR) is 58.0 cm³/mol. The van der Waals surface area contributed by atoms with Gasteiger partial charge in [-0.1, -0.05) is 0 Å². The minimum atomic E-state index is 0.515. The van der Waals surface area contributed by atoms with E-state index in [4.69, 9.17) is 22.7 Å². The average Bonchev–Trinajstić information content (AvgIpc) is 2.54. The van der Waals surface area contributed by atoms with Crippen molar-refractivity contribution in [1.82, 2.24) is 9.97 Å². The molecule has 2 aromatic rings. The Balaban J connectivity index is 2.35. The summed E-state index contributed by atoms with van der Waals surface area (Å²) in [6, 6.07) is 5.71. The quantitative estimate of drug-likeness (QED) is 0.672. The van der Waals surface area contributed by atoms with Gasteiger partial charge in [-0.25, -0.2) is 0 Å². The van der Waals surface area contributed by atoms with Crippen molar-refractivity contribution in [3.8, 4) is 5.75 Å². The Morgan fingerprint density at radius 2 is 2.07 bits per heavy atom. The third-order valence-electron chi connectivity index (χ3n) is 1.87. The Kier molecular flexibility index (Phi) is 2.51. The maximum Gasteiger partial charge on any atom is 0.175 e. The third-order valence-corrected chi connectivity index (χ3v) is 2.08. The van der Waals surface area contributed by atoms with E-state index in [1.54, 1.807) is 0 Å². The van der Waals surface area contributed by atoms with Crippen LogP contribution in [0, 0.1) is 4.77 Å². The zero-order chi connectivity index (χ0) is 9.97. The molecule has 1 aromatic carbocycles. The monoisotopic (exact) mass is 209 g/mol. The zero-order valence-corrected chi connectivity index (χ0v) is 8.36. The number of fused-ring (bicyclic) bond motifs is 1. The number of aromatic nitrogens is 2. The van der Waals surface area contributed by atoms with E-state index < -0.39 is 0 Å². The minimum Gasteiger partial charge on any atom is -0.492 e. The SMILES string of the molecule is NCCOc1ccc2[nH]c(=S)[nH]c2c1. The normalized spacial score (nSPS) is 10.6. The third kappa shape index (κ3) is 1.78. The fraction of sp³-hybridized carbons (Fsp3) is 0.222. The topological polar surface area (TPSA) is 66.8 Å². The average molecular weight is 209 g/mol. The van der Waals surface area contributed by atoms with Crippen LogP contribution in [0.4, 0.5) is 0 Å². The van der Waals surface area contributed by atoms with Gasteiger partial charge in [-0.2, -0.15) is 0 Å². The molecule has 0 radical (unpaired) electrons. The molecule has 0 saturated heterocycles.